The highest BCUT2D eigenvalue weighted by Gasteiger charge is 2.34. The highest BCUT2D eigenvalue weighted by Crippen LogP contribution is 2.38. The molecular formula is C51H39N15O9S3. The number of nitrogens with zero attached hydrogens (tertiary/aromatic N) is 12. The summed E-state index contributed by atoms with van der Waals surface area (Å²) in [7, 11) is 0. The van der Waals surface area contributed by atoms with Gasteiger partial charge >= 0.3 is 18.0 Å². The molecule has 3 aliphatic rings. The number of hydrogen-bond donors (Lipinski definition) is 3. The second-order valence-corrected chi connectivity index (χ2v) is 18.7. The molecule has 0 spiro atoms. The Kier molecular flexibility index (Phi) is 14.3. The van der Waals surface area contributed by atoms with Crippen molar-refractivity contribution in [2.75, 3.05) is 0 Å². The molecule has 6 aromatic carbocycles. The number of thiocarbonyl (C=S) groups is 3. The van der Waals surface area contributed by atoms with E-state index in [2.05, 4.69) is 30.3 Å². The fourth-order valence-corrected chi connectivity index (χ4v) is 9.32. The quantitative estimate of drug-likeness (QED) is 0.0489. The van der Waals surface area contributed by atoms with E-state index in [0.717, 1.165) is 33.4 Å². The van der Waals surface area contributed by atoms with Crippen LogP contribution in [0.25, 0.3) is 0 Å². The molecule has 10 rings (SSSR count). The maximum atomic E-state index is 11.3. The van der Waals surface area contributed by atoms with E-state index < -0.39 is 14.8 Å². The number of ether oxygens (including phenoxy) is 3. The largest absolute Gasteiger partial charge is 0.424 e. The number of rotatable bonds is 15. The second kappa shape index (κ2) is 21.7. The third kappa shape index (κ3) is 11.2. The summed E-state index contributed by atoms with van der Waals surface area (Å²) in [4.78, 5) is 45.8. The van der Waals surface area contributed by atoms with Gasteiger partial charge in [-0.2, -0.15) is 15.3 Å². The SMILES string of the molecule is NC(=S)N1N=C(c2ccc(Oc3nc(Oc4ccc(C5=NN(C(N)=S)C(c6ccc([N+](=O)[O-])cc6)C5)cc4)nc(Oc4ccc(C5=NN(C(N)=S)C(c6ccc([N+](=O)[O-])cc6)C5)cc4)n3)cc2)CC1c1ccc([N+](=O)[O-])cc1. The Morgan fingerprint density at radius 3 is 0.846 bits per heavy atom. The standard InChI is InChI=1S/C51H39N15O9S3/c52-46(76)61-43(31-1-13-34(14-2-31)64(67)68)25-40(58-61)28-7-19-37(20-8-28)73-49-55-50(74-38-21-9-29(10-22-38)41-26-44(62(59-41)47(53)77)32-3-15-35(16-4-32)65(69)70)57-51(56-49)75-39-23-11-30(12-24-39)42-27-45(63(60-42)48(54)78)33-5-17-36(18-6-33)66(71)72/h1-24,43-45H,25-27H2,(H2,52,76)(H2,53,77)(H2,54,78). The Morgan fingerprint density at radius 2 is 0.641 bits per heavy atom. The highest BCUT2D eigenvalue weighted by atomic mass is 32.1. The number of nitro benzene ring substituents is 3. The van der Waals surface area contributed by atoms with Gasteiger partial charge in [0.15, 0.2) is 15.3 Å². The van der Waals surface area contributed by atoms with Crippen LogP contribution in [0.4, 0.5) is 17.1 Å². The van der Waals surface area contributed by atoms with Crippen LogP contribution in [0.3, 0.4) is 0 Å². The maximum absolute atomic E-state index is 11.3. The summed E-state index contributed by atoms with van der Waals surface area (Å²) in [6.45, 7) is 0. The van der Waals surface area contributed by atoms with Gasteiger partial charge in [0.1, 0.15) is 17.2 Å². The fraction of sp³-hybridized carbons (Fsp3) is 0.118. The van der Waals surface area contributed by atoms with Crippen LogP contribution in [0, 0.1) is 30.3 Å². The number of aromatic nitrogens is 3. The van der Waals surface area contributed by atoms with Gasteiger partial charge < -0.3 is 31.4 Å². The van der Waals surface area contributed by atoms with Gasteiger partial charge in [0.05, 0.1) is 50.0 Å². The van der Waals surface area contributed by atoms with E-state index in [1.54, 1.807) is 109 Å². The van der Waals surface area contributed by atoms with E-state index in [4.69, 9.17) is 68.1 Å². The minimum atomic E-state index is -0.471. The van der Waals surface area contributed by atoms with Gasteiger partial charge in [-0.1, -0.05) is 36.4 Å². The Balaban J connectivity index is 0.886. The summed E-state index contributed by atoms with van der Waals surface area (Å²) in [5.41, 5.74) is 24.5. The molecule has 1 aromatic heterocycles. The average molecular weight is 1100 g/mol. The molecule has 3 aliphatic heterocycles. The summed E-state index contributed by atoms with van der Waals surface area (Å²) in [5, 5.41) is 52.5. The molecule has 0 aliphatic carbocycles. The lowest BCUT2D eigenvalue weighted by Gasteiger charge is -2.21. The molecule has 0 radical (unpaired) electrons. The molecule has 0 bridgehead atoms. The first-order valence-corrected chi connectivity index (χ1v) is 24.6. The van der Waals surface area contributed by atoms with Crippen molar-refractivity contribution < 1.29 is 29.0 Å². The molecule has 3 unspecified atom stereocenters. The van der Waals surface area contributed by atoms with Gasteiger partial charge in [-0.3, -0.25) is 30.3 Å². The summed E-state index contributed by atoms with van der Waals surface area (Å²) in [5.74, 6) is 0.994. The van der Waals surface area contributed by atoms with Crippen LogP contribution in [-0.4, -0.2) is 77.2 Å². The second-order valence-electron chi connectivity index (χ2n) is 17.5. The number of hydrogen-bond acceptors (Lipinski definition) is 18. The molecule has 0 saturated heterocycles. The van der Waals surface area contributed by atoms with Crippen LogP contribution in [0.2, 0.25) is 0 Å². The topological polar surface area (TPSA) is 321 Å². The predicted molar refractivity (Wildman–Crippen MR) is 296 cm³/mol. The lowest BCUT2D eigenvalue weighted by molar-refractivity contribution is -0.385. The number of nitro groups is 3. The molecule has 390 valence electrons. The molecule has 0 amide bonds. The van der Waals surface area contributed by atoms with Gasteiger partial charge in [-0.15, -0.1) is 15.0 Å². The molecule has 7 aromatic rings. The van der Waals surface area contributed by atoms with Crippen LogP contribution in [0.15, 0.2) is 161 Å². The number of benzene rings is 6. The van der Waals surface area contributed by atoms with Crippen molar-refractivity contribution in [2.24, 2.45) is 32.5 Å². The highest BCUT2D eigenvalue weighted by molar-refractivity contribution is 7.80. The Hall–Kier alpha value is -9.99. The lowest BCUT2D eigenvalue weighted by atomic mass is 9.98. The molecule has 78 heavy (non-hydrogen) atoms. The van der Waals surface area contributed by atoms with Crippen molar-refractivity contribution in [1.82, 2.24) is 30.0 Å². The number of hydrazone groups is 3. The van der Waals surface area contributed by atoms with E-state index in [9.17, 15) is 30.3 Å². The van der Waals surface area contributed by atoms with Gasteiger partial charge in [0, 0.05) is 55.7 Å². The van der Waals surface area contributed by atoms with Crippen molar-refractivity contribution in [3.8, 4) is 35.3 Å². The van der Waals surface area contributed by atoms with Gasteiger partial charge in [-0.05, 0) is 143 Å². The molecule has 3 atom stereocenters. The third-order valence-electron chi connectivity index (χ3n) is 12.6. The van der Waals surface area contributed by atoms with E-state index in [-0.39, 0.29) is 68.6 Å². The summed E-state index contributed by atoms with van der Waals surface area (Å²) < 4.78 is 18.5. The van der Waals surface area contributed by atoms with Gasteiger partial charge in [0.25, 0.3) is 17.1 Å². The first kappa shape index (κ1) is 51.5. The van der Waals surface area contributed by atoms with Crippen LogP contribution in [0.5, 0.6) is 35.3 Å². The Labute approximate surface area is 457 Å². The smallest absolute Gasteiger partial charge is 0.331 e. The molecule has 24 nitrogen and oxygen atoms in total. The molecule has 4 heterocycles. The van der Waals surface area contributed by atoms with Crippen molar-refractivity contribution in [2.45, 2.75) is 37.4 Å². The van der Waals surface area contributed by atoms with Crippen LogP contribution in [0.1, 0.15) is 70.8 Å². The minimum Gasteiger partial charge on any atom is -0.424 e. The fourth-order valence-electron chi connectivity index (χ4n) is 8.82. The Bertz CT molecular complexity index is 3240. The number of nitrogens with two attached hydrogens (primary N) is 3. The van der Waals surface area contributed by atoms with Gasteiger partial charge in [0.2, 0.25) is 0 Å². The molecular weight excluding hydrogens is 1060 g/mol. The lowest BCUT2D eigenvalue weighted by Crippen LogP contribution is -2.31. The van der Waals surface area contributed by atoms with Gasteiger partial charge in [-0.25, -0.2) is 15.0 Å². The normalized spacial score (nSPS) is 16.7. The molecule has 27 heteroatoms. The van der Waals surface area contributed by atoms with Crippen molar-refractivity contribution in [1.29, 1.82) is 0 Å². The van der Waals surface area contributed by atoms with E-state index in [1.165, 1.54) is 51.4 Å². The van der Waals surface area contributed by atoms with Crippen LogP contribution < -0.4 is 31.4 Å². The summed E-state index contributed by atoms with van der Waals surface area (Å²) >= 11 is 15.9. The van der Waals surface area contributed by atoms with Crippen molar-refractivity contribution >= 4 is 86.2 Å². The summed E-state index contributed by atoms with van der Waals surface area (Å²) in [6, 6.07) is 37.6. The van der Waals surface area contributed by atoms with Crippen LogP contribution >= 0.6 is 36.7 Å². The van der Waals surface area contributed by atoms with Crippen molar-refractivity contribution in [3.63, 3.8) is 0 Å². The first-order chi connectivity index (χ1) is 37.5. The average Bonchev–Trinajstić information content (AvgIpc) is 4.23. The predicted octanol–water partition coefficient (Wildman–Crippen LogP) is 9.16. The third-order valence-corrected chi connectivity index (χ3v) is 13.2. The summed E-state index contributed by atoms with van der Waals surface area (Å²) in [6.07, 6.45) is 1.21. The molecule has 0 fully saturated rings. The maximum Gasteiger partial charge on any atom is 0.331 e. The van der Waals surface area contributed by atoms with Crippen LogP contribution in [-0.2, 0) is 0 Å². The van der Waals surface area contributed by atoms with E-state index in [0.29, 0.717) is 53.6 Å². The zero-order chi connectivity index (χ0) is 54.8. The first-order valence-electron chi connectivity index (χ1n) is 23.4. The van der Waals surface area contributed by atoms with Crippen molar-refractivity contribution in [3.05, 3.63) is 209 Å². The zero-order valence-electron chi connectivity index (χ0n) is 40.2. The zero-order valence-corrected chi connectivity index (χ0v) is 42.7. The molecule has 6 N–H and O–H groups in total. The minimum absolute atomic E-state index is 0.0374. The molecule has 0 saturated carbocycles. The Morgan fingerprint density at radius 1 is 0.410 bits per heavy atom. The monoisotopic (exact) mass is 1100 g/mol. The van der Waals surface area contributed by atoms with E-state index >= 15 is 0 Å². The number of non-ortho nitro benzene ring substituents is 3. The van der Waals surface area contributed by atoms with E-state index in [1.807, 2.05) is 0 Å².